The Hall–Kier alpha value is -2.22. The number of hydrogen-bond donors (Lipinski definition) is 1. The van der Waals surface area contributed by atoms with E-state index in [0.717, 1.165) is 0 Å². The molecule has 0 fully saturated rings. The number of hydrogen-bond acceptors (Lipinski definition) is 7. The summed E-state index contributed by atoms with van der Waals surface area (Å²) in [6.45, 7) is 6.10. The number of rotatable bonds is 8. The molecule has 1 heterocycles. The second kappa shape index (κ2) is 8.75. The van der Waals surface area contributed by atoms with E-state index in [9.17, 15) is 4.79 Å². The zero-order chi connectivity index (χ0) is 18.4. The van der Waals surface area contributed by atoms with Gasteiger partial charge in [-0.2, -0.15) is 0 Å². The highest BCUT2D eigenvalue weighted by Crippen LogP contribution is 2.33. The molecule has 7 nitrogen and oxygen atoms in total. The summed E-state index contributed by atoms with van der Waals surface area (Å²) in [6, 6.07) is 5.44. The number of thioether (sulfide) groups is 1. The van der Waals surface area contributed by atoms with Crippen LogP contribution in [0.4, 0.5) is 0 Å². The number of amides is 1. The minimum Gasteiger partial charge on any atom is -0.497 e. The summed E-state index contributed by atoms with van der Waals surface area (Å²) in [5, 5.41) is 11.3. The third kappa shape index (κ3) is 5.12. The number of nitrogens with one attached hydrogen (secondary N) is 1. The number of carbonyl (C=O) groups excluding carboxylic acids is 1. The van der Waals surface area contributed by atoms with Crippen LogP contribution in [0, 0.1) is 5.92 Å². The van der Waals surface area contributed by atoms with Gasteiger partial charge in [-0.05, 0) is 25.0 Å². The Morgan fingerprint density at radius 2 is 2.00 bits per heavy atom. The summed E-state index contributed by atoms with van der Waals surface area (Å²) in [4.78, 5) is 11.9. The van der Waals surface area contributed by atoms with E-state index >= 15 is 0 Å². The standard InChI is InChI=1S/C17H23N3O4S/c1-10(2)11(3)18-15(21)9-25-17-20-19-16(24-17)13-7-6-12(22-4)8-14(13)23-5/h6-8,10-11H,9H2,1-5H3,(H,18,21)/t11-/m0/s1. The van der Waals surface area contributed by atoms with Crippen molar-refractivity contribution in [3.8, 4) is 23.0 Å². The molecule has 2 aromatic rings. The first kappa shape index (κ1) is 19.1. The first-order valence-corrected chi connectivity index (χ1v) is 8.91. The predicted molar refractivity (Wildman–Crippen MR) is 96.0 cm³/mol. The molecule has 0 unspecified atom stereocenters. The number of methoxy groups -OCH3 is 2. The average Bonchev–Trinajstić information content (AvgIpc) is 3.08. The molecule has 1 aromatic carbocycles. The van der Waals surface area contributed by atoms with Crippen molar-refractivity contribution in [2.24, 2.45) is 5.92 Å². The van der Waals surface area contributed by atoms with E-state index in [1.165, 1.54) is 11.8 Å². The summed E-state index contributed by atoms with van der Waals surface area (Å²) in [6.07, 6.45) is 0. The molecule has 1 atom stereocenters. The Labute approximate surface area is 151 Å². The maximum absolute atomic E-state index is 11.9. The first-order valence-electron chi connectivity index (χ1n) is 7.92. The van der Waals surface area contributed by atoms with Gasteiger partial charge >= 0.3 is 0 Å². The lowest BCUT2D eigenvalue weighted by molar-refractivity contribution is -0.119. The number of carbonyl (C=O) groups is 1. The topological polar surface area (TPSA) is 86.5 Å². The molecule has 0 aliphatic rings. The van der Waals surface area contributed by atoms with Crippen molar-refractivity contribution in [3.63, 3.8) is 0 Å². The van der Waals surface area contributed by atoms with E-state index in [4.69, 9.17) is 13.9 Å². The second-order valence-corrected chi connectivity index (χ2v) is 6.75. The van der Waals surface area contributed by atoms with Gasteiger partial charge in [-0.25, -0.2) is 0 Å². The van der Waals surface area contributed by atoms with Crippen LogP contribution in [-0.4, -0.2) is 42.1 Å². The molecule has 0 saturated heterocycles. The summed E-state index contributed by atoms with van der Waals surface area (Å²) in [5.41, 5.74) is 0.667. The van der Waals surface area contributed by atoms with Gasteiger partial charge in [-0.3, -0.25) is 4.79 Å². The molecule has 1 aromatic heterocycles. The molecular formula is C17H23N3O4S. The van der Waals surface area contributed by atoms with Crippen LogP contribution in [0.1, 0.15) is 20.8 Å². The molecule has 0 saturated carbocycles. The minimum absolute atomic E-state index is 0.0621. The number of aromatic nitrogens is 2. The fourth-order valence-corrected chi connectivity index (χ4v) is 2.52. The minimum atomic E-state index is -0.0621. The maximum Gasteiger partial charge on any atom is 0.277 e. The monoisotopic (exact) mass is 365 g/mol. The van der Waals surface area contributed by atoms with Gasteiger partial charge in [0.1, 0.15) is 11.5 Å². The van der Waals surface area contributed by atoms with Gasteiger partial charge in [0.25, 0.3) is 11.1 Å². The van der Waals surface area contributed by atoms with Crippen molar-refractivity contribution >= 4 is 17.7 Å². The van der Waals surface area contributed by atoms with Gasteiger partial charge < -0.3 is 19.2 Å². The third-order valence-electron chi connectivity index (χ3n) is 3.76. The van der Waals surface area contributed by atoms with Crippen molar-refractivity contribution in [1.29, 1.82) is 0 Å². The summed E-state index contributed by atoms with van der Waals surface area (Å²) in [7, 11) is 3.14. The quantitative estimate of drug-likeness (QED) is 0.720. The number of benzene rings is 1. The Bertz CT molecular complexity index is 718. The lowest BCUT2D eigenvalue weighted by Gasteiger charge is -2.16. The maximum atomic E-state index is 11.9. The van der Waals surface area contributed by atoms with E-state index in [2.05, 4.69) is 29.4 Å². The highest BCUT2D eigenvalue weighted by molar-refractivity contribution is 7.99. The molecule has 136 valence electrons. The molecule has 0 bridgehead atoms. The van der Waals surface area contributed by atoms with E-state index < -0.39 is 0 Å². The average molecular weight is 365 g/mol. The van der Waals surface area contributed by atoms with E-state index in [1.807, 2.05) is 6.92 Å². The summed E-state index contributed by atoms with van der Waals surface area (Å²) < 4.78 is 16.1. The third-order valence-corrected chi connectivity index (χ3v) is 4.58. The fraction of sp³-hybridized carbons (Fsp3) is 0.471. The molecule has 0 radical (unpaired) electrons. The van der Waals surface area contributed by atoms with Crippen LogP contribution in [0.25, 0.3) is 11.5 Å². The zero-order valence-corrected chi connectivity index (χ0v) is 15.8. The summed E-state index contributed by atoms with van der Waals surface area (Å²) in [5.74, 6) is 2.12. The zero-order valence-electron chi connectivity index (χ0n) is 15.0. The molecule has 8 heteroatoms. The molecule has 0 aliphatic heterocycles. The Morgan fingerprint density at radius 1 is 1.24 bits per heavy atom. The SMILES string of the molecule is COc1ccc(-c2nnc(SCC(=O)N[C@@H](C)C(C)C)o2)c(OC)c1. The van der Waals surface area contributed by atoms with Gasteiger partial charge in [0.15, 0.2) is 0 Å². The molecule has 1 N–H and O–H groups in total. The molecule has 0 spiro atoms. The number of ether oxygens (including phenoxy) is 2. The van der Waals surface area contributed by atoms with Crippen molar-refractivity contribution in [2.75, 3.05) is 20.0 Å². The van der Waals surface area contributed by atoms with Crippen LogP contribution >= 0.6 is 11.8 Å². The Balaban J connectivity index is 2.02. The van der Waals surface area contributed by atoms with Gasteiger partial charge in [-0.1, -0.05) is 25.6 Å². The van der Waals surface area contributed by atoms with Crippen molar-refractivity contribution in [2.45, 2.75) is 32.0 Å². The number of nitrogens with zero attached hydrogens (tertiary/aromatic N) is 2. The first-order chi connectivity index (χ1) is 11.9. The fourth-order valence-electron chi connectivity index (χ4n) is 1.94. The predicted octanol–water partition coefficient (Wildman–Crippen LogP) is 3.01. The molecule has 2 rings (SSSR count). The second-order valence-electron chi connectivity index (χ2n) is 5.83. The lowest BCUT2D eigenvalue weighted by atomic mass is 10.1. The smallest absolute Gasteiger partial charge is 0.277 e. The molecule has 1 amide bonds. The van der Waals surface area contributed by atoms with Crippen molar-refractivity contribution in [1.82, 2.24) is 15.5 Å². The van der Waals surface area contributed by atoms with Crippen LogP contribution in [0.2, 0.25) is 0 Å². The normalized spacial score (nSPS) is 12.1. The largest absolute Gasteiger partial charge is 0.497 e. The van der Waals surface area contributed by atoms with Gasteiger partial charge in [0.05, 0.1) is 25.5 Å². The molecule has 0 aliphatic carbocycles. The van der Waals surface area contributed by atoms with Crippen molar-refractivity contribution < 1.29 is 18.7 Å². The van der Waals surface area contributed by atoms with Gasteiger partial charge in [0.2, 0.25) is 5.91 Å². The van der Waals surface area contributed by atoms with E-state index in [0.29, 0.717) is 34.1 Å². The van der Waals surface area contributed by atoms with Crippen LogP contribution in [-0.2, 0) is 4.79 Å². The Kier molecular flexibility index (Phi) is 6.69. The highest BCUT2D eigenvalue weighted by atomic mass is 32.2. The lowest BCUT2D eigenvalue weighted by Crippen LogP contribution is -2.37. The van der Waals surface area contributed by atoms with E-state index in [-0.39, 0.29) is 17.7 Å². The highest BCUT2D eigenvalue weighted by Gasteiger charge is 2.16. The van der Waals surface area contributed by atoms with Gasteiger partial charge in [-0.15, -0.1) is 10.2 Å². The molecule has 25 heavy (non-hydrogen) atoms. The van der Waals surface area contributed by atoms with Crippen LogP contribution in [0.3, 0.4) is 0 Å². The van der Waals surface area contributed by atoms with Crippen LogP contribution in [0.15, 0.2) is 27.8 Å². The van der Waals surface area contributed by atoms with Gasteiger partial charge in [0, 0.05) is 12.1 Å². The van der Waals surface area contributed by atoms with Crippen LogP contribution < -0.4 is 14.8 Å². The van der Waals surface area contributed by atoms with E-state index in [1.54, 1.807) is 32.4 Å². The van der Waals surface area contributed by atoms with Crippen molar-refractivity contribution in [3.05, 3.63) is 18.2 Å². The summed E-state index contributed by atoms with van der Waals surface area (Å²) >= 11 is 1.20. The Morgan fingerprint density at radius 3 is 2.64 bits per heavy atom. The van der Waals surface area contributed by atoms with Crippen LogP contribution in [0.5, 0.6) is 11.5 Å². The molecular weight excluding hydrogens is 342 g/mol.